The zero-order valence-corrected chi connectivity index (χ0v) is 9.89. The van der Waals surface area contributed by atoms with E-state index in [0.717, 1.165) is 0 Å². The Bertz CT molecular complexity index is 219. The molecule has 15 heavy (non-hydrogen) atoms. The van der Waals surface area contributed by atoms with Crippen LogP contribution in [0.5, 0.6) is 0 Å². The SMILES string of the molecule is C=C(C1CCCCN1)C1CCCC(C)N1. The Labute approximate surface area is 93.5 Å². The van der Waals surface area contributed by atoms with E-state index in [0.29, 0.717) is 18.1 Å². The molecule has 2 fully saturated rings. The van der Waals surface area contributed by atoms with Crippen molar-refractivity contribution in [2.45, 2.75) is 63.6 Å². The Kier molecular flexibility index (Phi) is 3.81. The number of hydrogen-bond donors (Lipinski definition) is 2. The van der Waals surface area contributed by atoms with Crippen molar-refractivity contribution in [3.63, 3.8) is 0 Å². The van der Waals surface area contributed by atoms with E-state index in [4.69, 9.17) is 0 Å². The van der Waals surface area contributed by atoms with Gasteiger partial charge < -0.3 is 10.6 Å². The molecule has 2 rings (SSSR count). The molecular weight excluding hydrogens is 184 g/mol. The van der Waals surface area contributed by atoms with Gasteiger partial charge in [0.1, 0.15) is 0 Å². The highest BCUT2D eigenvalue weighted by Crippen LogP contribution is 2.22. The Hall–Kier alpha value is -0.340. The molecule has 0 radical (unpaired) electrons. The fourth-order valence-corrected chi connectivity index (χ4v) is 2.84. The van der Waals surface area contributed by atoms with E-state index in [1.807, 2.05) is 0 Å². The first-order chi connectivity index (χ1) is 7.27. The normalized spacial score (nSPS) is 37.5. The average molecular weight is 208 g/mol. The van der Waals surface area contributed by atoms with Crippen LogP contribution in [0.2, 0.25) is 0 Å². The third-order valence-electron chi connectivity index (χ3n) is 3.82. The summed E-state index contributed by atoms with van der Waals surface area (Å²) in [6.45, 7) is 7.77. The molecule has 0 aromatic rings. The number of piperidine rings is 2. The maximum Gasteiger partial charge on any atom is 0.0294 e. The van der Waals surface area contributed by atoms with Gasteiger partial charge in [-0.15, -0.1) is 0 Å². The first-order valence-electron chi connectivity index (χ1n) is 6.45. The number of nitrogens with one attached hydrogen (secondary N) is 2. The van der Waals surface area contributed by atoms with Crippen molar-refractivity contribution >= 4 is 0 Å². The van der Waals surface area contributed by atoms with Crippen molar-refractivity contribution in [3.8, 4) is 0 Å². The summed E-state index contributed by atoms with van der Waals surface area (Å²) in [5, 5.41) is 7.27. The van der Waals surface area contributed by atoms with E-state index in [2.05, 4.69) is 24.1 Å². The molecule has 2 aliphatic rings. The summed E-state index contributed by atoms with van der Waals surface area (Å²) in [6.07, 6.45) is 7.93. The van der Waals surface area contributed by atoms with Crippen LogP contribution in [0.25, 0.3) is 0 Å². The minimum absolute atomic E-state index is 0.560. The van der Waals surface area contributed by atoms with Crippen LogP contribution in [0.3, 0.4) is 0 Å². The van der Waals surface area contributed by atoms with Crippen LogP contribution in [-0.4, -0.2) is 24.7 Å². The molecule has 0 amide bonds. The molecule has 2 heteroatoms. The van der Waals surface area contributed by atoms with Crippen molar-refractivity contribution in [1.82, 2.24) is 10.6 Å². The van der Waals surface area contributed by atoms with Crippen molar-refractivity contribution in [2.24, 2.45) is 0 Å². The van der Waals surface area contributed by atoms with Crippen LogP contribution in [0, 0.1) is 0 Å². The second-order valence-electron chi connectivity index (χ2n) is 5.13. The van der Waals surface area contributed by atoms with Crippen LogP contribution in [-0.2, 0) is 0 Å². The van der Waals surface area contributed by atoms with Gasteiger partial charge in [-0.2, -0.15) is 0 Å². The maximum absolute atomic E-state index is 4.31. The first kappa shape index (κ1) is 11.2. The molecule has 2 heterocycles. The van der Waals surface area contributed by atoms with Crippen molar-refractivity contribution in [1.29, 1.82) is 0 Å². The third-order valence-corrected chi connectivity index (χ3v) is 3.82. The maximum atomic E-state index is 4.31. The minimum Gasteiger partial charge on any atom is -0.310 e. The number of hydrogen-bond acceptors (Lipinski definition) is 2. The molecule has 2 nitrogen and oxygen atoms in total. The van der Waals surface area contributed by atoms with Gasteiger partial charge in [0.2, 0.25) is 0 Å². The fourth-order valence-electron chi connectivity index (χ4n) is 2.84. The predicted molar refractivity (Wildman–Crippen MR) is 65.0 cm³/mol. The molecule has 2 saturated heterocycles. The summed E-state index contributed by atoms with van der Waals surface area (Å²) in [4.78, 5) is 0. The van der Waals surface area contributed by atoms with Crippen molar-refractivity contribution < 1.29 is 0 Å². The Morgan fingerprint density at radius 3 is 2.53 bits per heavy atom. The third kappa shape index (κ3) is 2.82. The minimum atomic E-state index is 0.560. The molecule has 0 aromatic carbocycles. The highest BCUT2D eigenvalue weighted by atomic mass is 15.0. The van der Waals surface area contributed by atoms with Crippen LogP contribution in [0.15, 0.2) is 12.2 Å². The topological polar surface area (TPSA) is 24.1 Å². The largest absolute Gasteiger partial charge is 0.310 e. The van der Waals surface area contributed by atoms with E-state index >= 15 is 0 Å². The van der Waals surface area contributed by atoms with Crippen molar-refractivity contribution in [2.75, 3.05) is 6.54 Å². The molecule has 86 valence electrons. The summed E-state index contributed by atoms with van der Waals surface area (Å²) in [7, 11) is 0. The molecule has 2 N–H and O–H groups in total. The summed E-state index contributed by atoms with van der Waals surface area (Å²) in [5.41, 5.74) is 1.40. The lowest BCUT2D eigenvalue weighted by molar-refractivity contribution is 0.334. The van der Waals surface area contributed by atoms with Gasteiger partial charge in [0, 0.05) is 18.1 Å². The second-order valence-corrected chi connectivity index (χ2v) is 5.13. The molecule has 3 atom stereocenters. The van der Waals surface area contributed by atoms with E-state index in [1.54, 1.807) is 0 Å². The van der Waals surface area contributed by atoms with E-state index < -0.39 is 0 Å². The lowest BCUT2D eigenvalue weighted by Gasteiger charge is -2.35. The Morgan fingerprint density at radius 1 is 1.07 bits per heavy atom. The summed E-state index contributed by atoms with van der Waals surface area (Å²) >= 11 is 0. The van der Waals surface area contributed by atoms with Gasteiger partial charge in [0.15, 0.2) is 0 Å². The monoisotopic (exact) mass is 208 g/mol. The van der Waals surface area contributed by atoms with Gasteiger partial charge in [0.25, 0.3) is 0 Å². The van der Waals surface area contributed by atoms with Crippen molar-refractivity contribution in [3.05, 3.63) is 12.2 Å². The van der Waals surface area contributed by atoms with Gasteiger partial charge in [-0.1, -0.05) is 19.4 Å². The fraction of sp³-hybridized carbons (Fsp3) is 0.846. The Morgan fingerprint density at radius 2 is 1.87 bits per heavy atom. The second kappa shape index (κ2) is 5.13. The lowest BCUT2D eigenvalue weighted by atomic mass is 9.88. The molecule has 0 spiro atoms. The van der Waals surface area contributed by atoms with Crippen LogP contribution in [0.1, 0.15) is 45.4 Å². The highest BCUT2D eigenvalue weighted by Gasteiger charge is 2.25. The predicted octanol–water partition coefficient (Wildman–Crippen LogP) is 2.22. The highest BCUT2D eigenvalue weighted by molar-refractivity contribution is 5.15. The summed E-state index contributed by atoms with van der Waals surface area (Å²) < 4.78 is 0. The van der Waals surface area contributed by atoms with Gasteiger partial charge in [-0.25, -0.2) is 0 Å². The van der Waals surface area contributed by atoms with Gasteiger partial charge >= 0.3 is 0 Å². The number of rotatable bonds is 2. The van der Waals surface area contributed by atoms with Crippen LogP contribution < -0.4 is 10.6 Å². The summed E-state index contributed by atoms with van der Waals surface area (Å²) in [6, 6.07) is 1.80. The van der Waals surface area contributed by atoms with Gasteiger partial charge in [-0.3, -0.25) is 0 Å². The standard InChI is InChI=1S/C13H24N2/c1-10-6-5-8-13(15-10)11(2)12-7-3-4-9-14-12/h10,12-15H,2-9H2,1H3. The van der Waals surface area contributed by atoms with Crippen LogP contribution in [0.4, 0.5) is 0 Å². The average Bonchev–Trinajstić information content (AvgIpc) is 2.29. The smallest absolute Gasteiger partial charge is 0.0294 e. The molecule has 0 bridgehead atoms. The van der Waals surface area contributed by atoms with E-state index in [1.165, 1.54) is 50.6 Å². The molecule has 0 aromatic heterocycles. The van der Waals surface area contributed by atoms with Gasteiger partial charge in [0.05, 0.1) is 0 Å². The zero-order chi connectivity index (χ0) is 10.7. The van der Waals surface area contributed by atoms with Gasteiger partial charge in [-0.05, 0) is 44.7 Å². The lowest BCUT2D eigenvalue weighted by Crippen LogP contribution is -2.47. The molecule has 2 aliphatic heterocycles. The first-order valence-corrected chi connectivity index (χ1v) is 6.45. The quantitative estimate of drug-likeness (QED) is 0.680. The molecule has 0 aliphatic carbocycles. The zero-order valence-electron chi connectivity index (χ0n) is 9.89. The molecule has 0 saturated carbocycles. The molecule has 3 unspecified atom stereocenters. The van der Waals surface area contributed by atoms with E-state index in [9.17, 15) is 0 Å². The Balaban J connectivity index is 1.88. The molecular formula is C13H24N2. The summed E-state index contributed by atoms with van der Waals surface area (Å²) in [5.74, 6) is 0. The van der Waals surface area contributed by atoms with Crippen LogP contribution >= 0.6 is 0 Å². The van der Waals surface area contributed by atoms with E-state index in [-0.39, 0.29) is 0 Å².